The van der Waals surface area contributed by atoms with Crippen LogP contribution in [0.15, 0.2) is 30.3 Å². The van der Waals surface area contributed by atoms with Gasteiger partial charge in [0.2, 0.25) is 0 Å². The normalized spacial score (nSPS) is 19.6. The molecule has 1 heterocycles. The molecule has 2 aromatic rings. The summed E-state index contributed by atoms with van der Waals surface area (Å²) >= 11 is 0. The van der Waals surface area contributed by atoms with E-state index in [1.807, 2.05) is 0 Å². The van der Waals surface area contributed by atoms with E-state index in [4.69, 9.17) is 14.2 Å². The predicted molar refractivity (Wildman–Crippen MR) is 82.4 cm³/mol. The van der Waals surface area contributed by atoms with Gasteiger partial charge >= 0.3 is 0 Å². The van der Waals surface area contributed by atoms with E-state index < -0.39 is 12.2 Å². The Morgan fingerprint density at radius 2 is 1.87 bits per heavy atom. The molecule has 122 valence electrons. The summed E-state index contributed by atoms with van der Waals surface area (Å²) in [5.74, 6) is 0.989. The number of hydrogen-bond acceptors (Lipinski definition) is 6. The van der Waals surface area contributed by atoms with Crippen molar-refractivity contribution >= 4 is 0 Å². The first-order valence-electron chi connectivity index (χ1n) is 7.15. The minimum Gasteiger partial charge on any atom is -0.504 e. The number of methoxy groups -OCH3 is 2. The lowest BCUT2D eigenvalue weighted by molar-refractivity contribution is 0.0191. The van der Waals surface area contributed by atoms with Gasteiger partial charge in [-0.3, -0.25) is 0 Å². The van der Waals surface area contributed by atoms with Crippen molar-refractivity contribution < 1.29 is 29.5 Å². The highest BCUT2D eigenvalue weighted by Gasteiger charge is 2.33. The molecule has 2 aromatic carbocycles. The van der Waals surface area contributed by atoms with Gasteiger partial charge in [0.1, 0.15) is 5.75 Å². The molecule has 0 saturated heterocycles. The standard InChI is InChI=1S/C17H18O6/c1-21-15-7-9-6-13(20)17(23-14(9)8-12(15)19)10-4-3-5-11(18)16(10)22-2/h3-5,7-8,13,17-20H,6H2,1-2H3/t13-,17+/m0/s1. The number of aliphatic hydroxyl groups excluding tert-OH is 1. The van der Waals surface area contributed by atoms with Crippen molar-refractivity contribution in [2.24, 2.45) is 0 Å². The largest absolute Gasteiger partial charge is 0.504 e. The van der Waals surface area contributed by atoms with Crippen molar-refractivity contribution in [2.75, 3.05) is 14.2 Å². The molecule has 6 heteroatoms. The molecule has 3 N–H and O–H groups in total. The lowest BCUT2D eigenvalue weighted by Crippen LogP contribution is -2.30. The highest BCUT2D eigenvalue weighted by molar-refractivity contribution is 5.53. The van der Waals surface area contributed by atoms with Crippen LogP contribution in [0.25, 0.3) is 0 Å². The highest BCUT2D eigenvalue weighted by atomic mass is 16.5. The summed E-state index contributed by atoms with van der Waals surface area (Å²) < 4.78 is 16.1. The number of para-hydroxylation sites is 1. The average Bonchev–Trinajstić information content (AvgIpc) is 2.54. The van der Waals surface area contributed by atoms with Crippen LogP contribution in [0.5, 0.6) is 28.7 Å². The second-order valence-corrected chi connectivity index (χ2v) is 5.34. The second-order valence-electron chi connectivity index (χ2n) is 5.34. The van der Waals surface area contributed by atoms with Gasteiger partial charge in [-0.25, -0.2) is 0 Å². The fourth-order valence-corrected chi connectivity index (χ4v) is 2.83. The van der Waals surface area contributed by atoms with E-state index in [0.717, 1.165) is 5.56 Å². The van der Waals surface area contributed by atoms with Crippen LogP contribution in [0, 0.1) is 0 Å². The molecule has 0 spiro atoms. The van der Waals surface area contributed by atoms with E-state index in [1.54, 1.807) is 18.2 Å². The molecule has 0 radical (unpaired) electrons. The van der Waals surface area contributed by atoms with Crippen molar-refractivity contribution in [1.82, 2.24) is 0 Å². The summed E-state index contributed by atoms with van der Waals surface area (Å²) in [6, 6.07) is 7.99. The molecule has 1 aliphatic rings. The van der Waals surface area contributed by atoms with Crippen LogP contribution in [0.3, 0.4) is 0 Å². The first-order valence-corrected chi connectivity index (χ1v) is 7.15. The molecule has 0 amide bonds. The summed E-state index contributed by atoms with van der Waals surface area (Å²) in [4.78, 5) is 0. The number of fused-ring (bicyclic) bond motifs is 1. The Morgan fingerprint density at radius 1 is 1.09 bits per heavy atom. The quantitative estimate of drug-likeness (QED) is 0.804. The molecule has 0 saturated carbocycles. The number of aromatic hydroxyl groups is 2. The fourth-order valence-electron chi connectivity index (χ4n) is 2.83. The maximum Gasteiger partial charge on any atom is 0.167 e. The molecular formula is C17H18O6. The monoisotopic (exact) mass is 318 g/mol. The molecule has 0 unspecified atom stereocenters. The Morgan fingerprint density at radius 3 is 2.57 bits per heavy atom. The lowest BCUT2D eigenvalue weighted by Gasteiger charge is -2.32. The van der Waals surface area contributed by atoms with Gasteiger partial charge in [0.25, 0.3) is 0 Å². The van der Waals surface area contributed by atoms with Gasteiger partial charge in [-0.2, -0.15) is 0 Å². The molecule has 1 aliphatic heterocycles. The van der Waals surface area contributed by atoms with Gasteiger partial charge < -0.3 is 29.5 Å². The maximum atomic E-state index is 10.4. The third-order valence-electron chi connectivity index (χ3n) is 3.93. The summed E-state index contributed by atoms with van der Waals surface area (Å²) in [5.41, 5.74) is 1.28. The number of ether oxygens (including phenoxy) is 3. The van der Waals surface area contributed by atoms with Crippen molar-refractivity contribution in [3.63, 3.8) is 0 Å². The number of benzene rings is 2. The third kappa shape index (κ3) is 2.61. The number of rotatable bonds is 3. The van der Waals surface area contributed by atoms with E-state index in [1.165, 1.54) is 26.4 Å². The first-order chi connectivity index (χ1) is 11.0. The number of phenolic OH excluding ortho intramolecular Hbond substituents is 2. The average molecular weight is 318 g/mol. The van der Waals surface area contributed by atoms with Gasteiger partial charge in [0.05, 0.1) is 20.3 Å². The maximum absolute atomic E-state index is 10.4. The molecule has 0 bridgehead atoms. The molecule has 6 nitrogen and oxygen atoms in total. The molecule has 2 atom stereocenters. The Balaban J connectivity index is 2.02. The molecule has 23 heavy (non-hydrogen) atoms. The van der Waals surface area contributed by atoms with Crippen LogP contribution in [-0.2, 0) is 6.42 Å². The summed E-state index contributed by atoms with van der Waals surface area (Å²) in [5, 5.41) is 30.2. The van der Waals surface area contributed by atoms with Crippen molar-refractivity contribution in [3.05, 3.63) is 41.5 Å². The zero-order chi connectivity index (χ0) is 16.6. The lowest BCUT2D eigenvalue weighted by atomic mass is 9.93. The highest BCUT2D eigenvalue weighted by Crippen LogP contribution is 2.44. The minimum atomic E-state index is -0.826. The predicted octanol–water partition coefficient (Wildman–Crippen LogP) is 2.15. The van der Waals surface area contributed by atoms with E-state index in [2.05, 4.69) is 0 Å². The van der Waals surface area contributed by atoms with Crippen molar-refractivity contribution in [1.29, 1.82) is 0 Å². The Kier molecular flexibility index (Phi) is 3.92. The van der Waals surface area contributed by atoms with Crippen molar-refractivity contribution in [2.45, 2.75) is 18.6 Å². The summed E-state index contributed by atoms with van der Waals surface area (Å²) in [6.07, 6.45) is -1.21. The molecular weight excluding hydrogens is 300 g/mol. The van der Waals surface area contributed by atoms with E-state index in [-0.39, 0.29) is 17.2 Å². The van der Waals surface area contributed by atoms with Crippen LogP contribution < -0.4 is 14.2 Å². The topological polar surface area (TPSA) is 88.4 Å². The van der Waals surface area contributed by atoms with Crippen LogP contribution in [0.2, 0.25) is 0 Å². The van der Waals surface area contributed by atoms with Gasteiger partial charge in [-0.1, -0.05) is 12.1 Å². The third-order valence-corrected chi connectivity index (χ3v) is 3.93. The molecule has 3 rings (SSSR count). The number of hydrogen-bond donors (Lipinski definition) is 3. The van der Waals surface area contributed by atoms with Gasteiger partial charge in [0, 0.05) is 23.6 Å². The van der Waals surface area contributed by atoms with Gasteiger partial charge in [0.15, 0.2) is 29.1 Å². The van der Waals surface area contributed by atoms with E-state index >= 15 is 0 Å². The SMILES string of the molecule is COc1cc2c(cc1O)O[C@H](c1cccc(O)c1OC)[C@@H](O)C2. The van der Waals surface area contributed by atoms with Crippen LogP contribution in [0.4, 0.5) is 0 Å². The van der Waals surface area contributed by atoms with E-state index in [9.17, 15) is 15.3 Å². The molecule has 0 fully saturated rings. The molecule has 0 aromatic heterocycles. The fraction of sp³-hybridized carbons (Fsp3) is 0.294. The van der Waals surface area contributed by atoms with Crippen molar-refractivity contribution in [3.8, 4) is 28.7 Å². The smallest absolute Gasteiger partial charge is 0.167 e. The van der Waals surface area contributed by atoms with Crippen LogP contribution in [0.1, 0.15) is 17.2 Å². The minimum absolute atomic E-state index is 0.0239. The number of aliphatic hydroxyl groups is 1. The first kappa shape index (κ1) is 15.3. The Hall–Kier alpha value is -2.60. The van der Waals surface area contributed by atoms with E-state index in [0.29, 0.717) is 23.5 Å². The Labute approximate surface area is 133 Å². The van der Waals surface area contributed by atoms with Gasteiger partial charge in [-0.15, -0.1) is 0 Å². The van der Waals surface area contributed by atoms with Crippen LogP contribution in [-0.4, -0.2) is 35.6 Å². The van der Waals surface area contributed by atoms with Gasteiger partial charge in [-0.05, 0) is 12.1 Å². The second kappa shape index (κ2) is 5.89. The number of phenols is 2. The zero-order valence-corrected chi connectivity index (χ0v) is 12.8. The zero-order valence-electron chi connectivity index (χ0n) is 12.8. The molecule has 0 aliphatic carbocycles. The van der Waals surface area contributed by atoms with Crippen LogP contribution >= 0.6 is 0 Å². The Bertz CT molecular complexity index is 727. The summed E-state index contributed by atoms with van der Waals surface area (Å²) in [7, 11) is 2.90. The summed E-state index contributed by atoms with van der Waals surface area (Å²) in [6.45, 7) is 0.